The standard InChI is InChI=1S/C22H26N3/c1-23-21(20-11-7-4-8-12-20)17-22(24(23)2)25-15-13-19(14-16-25)18-9-5-3-6-10-18/h3-12,17,19H,13-16H2,1-2H3/q+1. The Bertz CT molecular complexity index is 828. The maximum Gasteiger partial charge on any atom is 0.297 e. The van der Waals surface area contributed by atoms with Crippen molar-refractivity contribution in [3.63, 3.8) is 0 Å². The van der Waals surface area contributed by atoms with Crippen LogP contribution in [0.15, 0.2) is 66.7 Å². The van der Waals surface area contributed by atoms with Gasteiger partial charge in [-0.25, -0.2) is 4.68 Å². The fourth-order valence-electron chi connectivity index (χ4n) is 3.97. The van der Waals surface area contributed by atoms with E-state index in [0.717, 1.165) is 13.1 Å². The van der Waals surface area contributed by atoms with Gasteiger partial charge in [-0.2, -0.15) is 4.68 Å². The summed E-state index contributed by atoms with van der Waals surface area (Å²) in [5.41, 5.74) is 4.03. The molecule has 2 heterocycles. The van der Waals surface area contributed by atoms with Gasteiger partial charge in [0.25, 0.3) is 5.82 Å². The molecule has 0 aliphatic carbocycles. The first-order valence-electron chi connectivity index (χ1n) is 9.15. The number of nitrogens with zero attached hydrogens (tertiary/aromatic N) is 3. The van der Waals surface area contributed by atoms with Gasteiger partial charge in [-0.05, 0) is 24.3 Å². The Morgan fingerprint density at radius 2 is 1.48 bits per heavy atom. The average Bonchev–Trinajstić information content (AvgIpc) is 2.98. The third-order valence-corrected chi connectivity index (χ3v) is 5.56. The zero-order valence-electron chi connectivity index (χ0n) is 15.1. The molecule has 128 valence electrons. The fourth-order valence-corrected chi connectivity index (χ4v) is 3.97. The van der Waals surface area contributed by atoms with Crippen LogP contribution < -0.4 is 9.58 Å². The van der Waals surface area contributed by atoms with E-state index in [1.54, 1.807) is 0 Å². The summed E-state index contributed by atoms with van der Waals surface area (Å²) in [5, 5.41) is 0. The minimum atomic E-state index is 0.695. The molecule has 1 aromatic heterocycles. The van der Waals surface area contributed by atoms with Crippen LogP contribution in [0, 0.1) is 0 Å². The van der Waals surface area contributed by atoms with E-state index in [0.29, 0.717) is 5.92 Å². The molecule has 3 nitrogen and oxygen atoms in total. The summed E-state index contributed by atoms with van der Waals surface area (Å²) in [6, 6.07) is 23.9. The van der Waals surface area contributed by atoms with E-state index in [1.165, 1.54) is 35.5 Å². The molecule has 0 bridgehead atoms. The molecule has 2 aromatic carbocycles. The second-order valence-corrected chi connectivity index (χ2v) is 6.97. The molecule has 0 amide bonds. The Labute approximate surface area is 150 Å². The van der Waals surface area contributed by atoms with E-state index in [-0.39, 0.29) is 0 Å². The SMILES string of the molecule is Cn1c(-c2ccccc2)cc(N2CCC(c3ccccc3)CC2)[n+]1C. The molecule has 3 heteroatoms. The van der Waals surface area contributed by atoms with Gasteiger partial charge in [0, 0.05) is 12.6 Å². The quantitative estimate of drug-likeness (QED) is 0.663. The van der Waals surface area contributed by atoms with Crippen molar-refractivity contribution in [1.29, 1.82) is 0 Å². The first kappa shape index (κ1) is 15.9. The first-order valence-corrected chi connectivity index (χ1v) is 9.15. The molecule has 4 rings (SSSR count). The van der Waals surface area contributed by atoms with Crippen LogP contribution in [0.2, 0.25) is 0 Å². The molecule has 0 saturated carbocycles. The number of aromatic nitrogens is 2. The topological polar surface area (TPSA) is 12.1 Å². The van der Waals surface area contributed by atoms with Gasteiger partial charge in [-0.15, -0.1) is 0 Å². The molecule has 1 fully saturated rings. The Hall–Kier alpha value is -2.55. The lowest BCUT2D eigenvalue weighted by Crippen LogP contribution is -2.46. The third kappa shape index (κ3) is 3.07. The highest BCUT2D eigenvalue weighted by Crippen LogP contribution is 2.30. The predicted molar refractivity (Wildman–Crippen MR) is 103 cm³/mol. The molecule has 0 radical (unpaired) electrons. The number of hydrogen-bond donors (Lipinski definition) is 0. The van der Waals surface area contributed by atoms with Gasteiger partial charge in [-0.1, -0.05) is 60.7 Å². The zero-order valence-corrected chi connectivity index (χ0v) is 15.1. The summed E-state index contributed by atoms with van der Waals surface area (Å²) in [5.74, 6) is 2.01. The highest BCUT2D eigenvalue weighted by Gasteiger charge is 2.29. The van der Waals surface area contributed by atoms with Gasteiger partial charge in [0.05, 0.1) is 24.8 Å². The van der Waals surface area contributed by atoms with Crippen molar-refractivity contribution in [2.75, 3.05) is 18.0 Å². The molecule has 0 atom stereocenters. The largest absolute Gasteiger partial charge is 0.297 e. The van der Waals surface area contributed by atoms with Gasteiger partial charge in [-0.3, -0.25) is 4.90 Å². The van der Waals surface area contributed by atoms with Crippen molar-refractivity contribution in [1.82, 2.24) is 4.68 Å². The Morgan fingerprint density at radius 3 is 2.12 bits per heavy atom. The third-order valence-electron chi connectivity index (χ3n) is 5.56. The molecule has 0 spiro atoms. The van der Waals surface area contributed by atoms with Crippen molar-refractivity contribution >= 4 is 5.82 Å². The van der Waals surface area contributed by atoms with Crippen molar-refractivity contribution in [2.45, 2.75) is 18.8 Å². The summed E-state index contributed by atoms with van der Waals surface area (Å²) in [6.07, 6.45) is 2.44. The van der Waals surface area contributed by atoms with Crippen molar-refractivity contribution in [2.24, 2.45) is 14.1 Å². The average molecular weight is 332 g/mol. The van der Waals surface area contributed by atoms with Gasteiger partial charge in [0.15, 0.2) is 0 Å². The van der Waals surface area contributed by atoms with Crippen LogP contribution >= 0.6 is 0 Å². The first-order chi connectivity index (χ1) is 12.2. The molecule has 25 heavy (non-hydrogen) atoms. The summed E-state index contributed by atoms with van der Waals surface area (Å²) in [6.45, 7) is 2.23. The van der Waals surface area contributed by atoms with Crippen LogP contribution in [-0.4, -0.2) is 17.8 Å². The Morgan fingerprint density at radius 1 is 0.880 bits per heavy atom. The minimum absolute atomic E-state index is 0.695. The maximum atomic E-state index is 2.53. The number of piperidine rings is 1. The lowest BCUT2D eigenvalue weighted by Gasteiger charge is -2.28. The smallest absolute Gasteiger partial charge is 0.260 e. The Balaban J connectivity index is 1.54. The van der Waals surface area contributed by atoms with Crippen LogP contribution in [0.4, 0.5) is 5.82 Å². The zero-order chi connectivity index (χ0) is 17.2. The number of rotatable bonds is 3. The fraction of sp³-hybridized carbons (Fsp3) is 0.318. The van der Waals surface area contributed by atoms with Gasteiger partial charge in [0.1, 0.15) is 7.05 Å². The van der Waals surface area contributed by atoms with E-state index < -0.39 is 0 Å². The van der Waals surface area contributed by atoms with Crippen LogP contribution in [0.3, 0.4) is 0 Å². The molecule has 1 aliphatic heterocycles. The number of anilines is 1. The van der Waals surface area contributed by atoms with Crippen molar-refractivity contribution in [3.8, 4) is 11.3 Å². The summed E-state index contributed by atoms with van der Waals surface area (Å²) >= 11 is 0. The molecular formula is C22H26N3+. The lowest BCUT2D eigenvalue weighted by molar-refractivity contribution is -0.738. The summed E-state index contributed by atoms with van der Waals surface area (Å²) in [4.78, 5) is 2.53. The molecule has 0 N–H and O–H groups in total. The van der Waals surface area contributed by atoms with Gasteiger partial charge >= 0.3 is 0 Å². The number of hydrogen-bond acceptors (Lipinski definition) is 1. The van der Waals surface area contributed by atoms with Crippen LogP contribution in [-0.2, 0) is 14.1 Å². The summed E-state index contributed by atoms with van der Waals surface area (Å²) in [7, 11) is 4.30. The Kier molecular flexibility index (Phi) is 4.31. The molecule has 1 saturated heterocycles. The second-order valence-electron chi connectivity index (χ2n) is 6.97. The van der Waals surface area contributed by atoms with Crippen LogP contribution in [0.25, 0.3) is 11.3 Å². The highest BCUT2D eigenvalue weighted by molar-refractivity contribution is 5.62. The van der Waals surface area contributed by atoms with Crippen LogP contribution in [0.1, 0.15) is 24.3 Å². The van der Waals surface area contributed by atoms with Gasteiger partial charge in [0.2, 0.25) is 0 Å². The summed E-state index contributed by atoms with van der Waals surface area (Å²) < 4.78 is 4.51. The van der Waals surface area contributed by atoms with E-state index >= 15 is 0 Å². The van der Waals surface area contributed by atoms with E-state index in [1.807, 2.05) is 0 Å². The molecular weight excluding hydrogens is 306 g/mol. The van der Waals surface area contributed by atoms with Crippen LogP contribution in [0.5, 0.6) is 0 Å². The monoisotopic (exact) mass is 332 g/mol. The molecule has 0 unspecified atom stereocenters. The second kappa shape index (κ2) is 6.75. The van der Waals surface area contributed by atoms with Crippen molar-refractivity contribution in [3.05, 3.63) is 72.3 Å². The number of benzene rings is 2. The van der Waals surface area contributed by atoms with Gasteiger partial charge < -0.3 is 0 Å². The van der Waals surface area contributed by atoms with E-state index in [9.17, 15) is 0 Å². The molecule has 3 aromatic rings. The normalized spacial score (nSPS) is 15.5. The predicted octanol–water partition coefficient (Wildman–Crippen LogP) is 3.90. The highest BCUT2D eigenvalue weighted by atomic mass is 15.4. The van der Waals surface area contributed by atoms with E-state index in [4.69, 9.17) is 0 Å². The molecule has 1 aliphatic rings. The van der Waals surface area contributed by atoms with E-state index in [2.05, 4.69) is 95.1 Å². The lowest BCUT2D eigenvalue weighted by atomic mass is 9.89. The minimum Gasteiger partial charge on any atom is -0.260 e. The van der Waals surface area contributed by atoms with Crippen molar-refractivity contribution < 1.29 is 4.68 Å². The maximum absolute atomic E-state index is 2.53.